The fourth-order valence-electron chi connectivity index (χ4n) is 1.45. The number of aryl methyl sites for hydroxylation is 2. The summed E-state index contributed by atoms with van der Waals surface area (Å²) < 4.78 is 5.07. The van der Waals surface area contributed by atoms with Crippen molar-refractivity contribution >= 4 is 23.9 Å². The van der Waals surface area contributed by atoms with Gasteiger partial charge in [-0.1, -0.05) is 0 Å². The number of thioether (sulfide) groups is 1. The number of benzene rings is 1. The number of carbonyl (C=O) groups is 2. The van der Waals surface area contributed by atoms with E-state index in [9.17, 15) is 9.59 Å². The van der Waals surface area contributed by atoms with Crippen LogP contribution in [0.4, 0.5) is 9.59 Å². The summed E-state index contributed by atoms with van der Waals surface area (Å²) in [5.74, 6) is 0.585. The molecule has 1 rings (SSSR count). The number of carboxylic acid groups (broad SMARTS) is 1. The van der Waals surface area contributed by atoms with Crippen molar-refractivity contribution < 1.29 is 19.4 Å². The third kappa shape index (κ3) is 6.33. The molecule has 0 bridgehead atoms. The standard InChI is InChI=1S/C11H15NO2S.C2H5NO2/c1-7-5-9(14-11(13)12-3)6-8(2)10(7)15-4;1-3-2(4)5/h5-6H,1-4H3,(H,12,13);3H,1H3,(H,4,5). The Morgan fingerprint density at radius 3 is 1.90 bits per heavy atom. The molecule has 0 fully saturated rings. The number of rotatable bonds is 2. The lowest BCUT2D eigenvalue weighted by molar-refractivity contribution is 0.197. The van der Waals surface area contributed by atoms with Crippen LogP contribution in [0.5, 0.6) is 5.75 Å². The largest absolute Gasteiger partial charge is 0.465 e. The fraction of sp³-hybridized carbons (Fsp3) is 0.385. The molecule has 0 atom stereocenters. The van der Waals surface area contributed by atoms with E-state index in [4.69, 9.17) is 9.84 Å². The Hall–Kier alpha value is -1.89. The van der Waals surface area contributed by atoms with Gasteiger partial charge in [-0.2, -0.15) is 0 Å². The van der Waals surface area contributed by atoms with Crippen molar-refractivity contribution in [2.24, 2.45) is 0 Å². The SMILES string of the molecule is CNC(=O)O.CNC(=O)Oc1cc(C)c(SC)c(C)c1. The second kappa shape index (κ2) is 9.08. The first-order chi connectivity index (χ1) is 9.35. The van der Waals surface area contributed by atoms with E-state index in [0.29, 0.717) is 5.75 Å². The lowest BCUT2D eigenvalue weighted by Gasteiger charge is -2.10. The first-order valence-electron chi connectivity index (χ1n) is 5.81. The molecule has 3 N–H and O–H groups in total. The molecule has 7 heteroatoms. The summed E-state index contributed by atoms with van der Waals surface area (Å²) in [7, 11) is 2.89. The molecule has 0 saturated heterocycles. The summed E-state index contributed by atoms with van der Waals surface area (Å²) in [6.07, 6.45) is 0.602. The van der Waals surface area contributed by atoms with Gasteiger partial charge in [-0.3, -0.25) is 0 Å². The molecule has 0 aliphatic rings. The van der Waals surface area contributed by atoms with Crippen LogP contribution < -0.4 is 15.4 Å². The van der Waals surface area contributed by atoms with Crippen molar-refractivity contribution in [2.45, 2.75) is 18.7 Å². The molecule has 0 radical (unpaired) electrons. The zero-order chi connectivity index (χ0) is 15.7. The summed E-state index contributed by atoms with van der Waals surface area (Å²) in [5, 5.41) is 12.0. The van der Waals surface area contributed by atoms with Crippen LogP contribution in [0, 0.1) is 13.8 Å². The summed E-state index contributed by atoms with van der Waals surface area (Å²) in [6, 6.07) is 3.74. The van der Waals surface area contributed by atoms with Crippen LogP contribution in [0.15, 0.2) is 17.0 Å². The second-order valence-electron chi connectivity index (χ2n) is 3.78. The van der Waals surface area contributed by atoms with Gasteiger partial charge in [0, 0.05) is 19.0 Å². The van der Waals surface area contributed by atoms with Gasteiger partial charge in [0.15, 0.2) is 0 Å². The molecule has 6 nitrogen and oxygen atoms in total. The number of amides is 2. The monoisotopic (exact) mass is 300 g/mol. The lowest BCUT2D eigenvalue weighted by atomic mass is 10.1. The Bertz CT molecular complexity index is 454. The number of carbonyl (C=O) groups excluding carboxylic acids is 1. The van der Waals surface area contributed by atoms with Crippen molar-refractivity contribution in [1.82, 2.24) is 10.6 Å². The molecule has 0 aromatic heterocycles. The van der Waals surface area contributed by atoms with E-state index >= 15 is 0 Å². The zero-order valence-corrected chi connectivity index (χ0v) is 13.1. The maximum Gasteiger partial charge on any atom is 0.412 e. The Morgan fingerprint density at radius 2 is 1.60 bits per heavy atom. The third-order valence-corrected chi connectivity index (χ3v) is 3.32. The Kier molecular flexibility index (Phi) is 8.23. The van der Waals surface area contributed by atoms with Gasteiger partial charge in [-0.25, -0.2) is 9.59 Å². The molecule has 0 aliphatic carbocycles. The molecule has 0 unspecified atom stereocenters. The van der Waals surface area contributed by atoms with Crippen molar-refractivity contribution in [3.63, 3.8) is 0 Å². The van der Waals surface area contributed by atoms with Crippen molar-refractivity contribution in [2.75, 3.05) is 20.4 Å². The van der Waals surface area contributed by atoms with Crippen LogP contribution in [-0.4, -0.2) is 37.6 Å². The Morgan fingerprint density at radius 1 is 1.15 bits per heavy atom. The van der Waals surface area contributed by atoms with E-state index < -0.39 is 12.2 Å². The topological polar surface area (TPSA) is 87.7 Å². The summed E-state index contributed by atoms with van der Waals surface area (Å²) >= 11 is 1.70. The molecule has 0 spiro atoms. The highest BCUT2D eigenvalue weighted by atomic mass is 32.2. The van der Waals surface area contributed by atoms with Gasteiger partial charge in [0.25, 0.3) is 0 Å². The van der Waals surface area contributed by atoms with Crippen LogP contribution in [0.1, 0.15) is 11.1 Å². The van der Waals surface area contributed by atoms with Crippen LogP contribution in [0.2, 0.25) is 0 Å². The molecule has 20 heavy (non-hydrogen) atoms. The van der Waals surface area contributed by atoms with Gasteiger partial charge in [0.05, 0.1) is 0 Å². The Balaban J connectivity index is 0.000000621. The van der Waals surface area contributed by atoms with Gasteiger partial charge in [0.2, 0.25) is 0 Å². The molecule has 1 aromatic carbocycles. The maximum absolute atomic E-state index is 11.0. The molecule has 2 amide bonds. The van der Waals surface area contributed by atoms with E-state index in [1.165, 1.54) is 19.0 Å². The predicted molar refractivity (Wildman–Crippen MR) is 79.9 cm³/mol. The number of hydrogen-bond acceptors (Lipinski definition) is 4. The zero-order valence-electron chi connectivity index (χ0n) is 12.2. The summed E-state index contributed by atoms with van der Waals surface area (Å²) in [5.41, 5.74) is 2.25. The molecular formula is C13H20N2O4S. The highest BCUT2D eigenvalue weighted by molar-refractivity contribution is 7.98. The fourth-order valence-corrected chi connectivity index (χ4v) is 2.21. The van der Waals surface area contributed by atoms with Gasteiger partial charge < -0.3 is 20.5 Å². The first-order valence-corrected chi connectivity index (χ1v) is 7.03. The van der Waals surface area contributed by atoms with Gasteiger partial charge >= 0.3 is 12.2 Å². The molecule has 0 heterocycles. The van der Waals surface area contributed by atoms with E-state index in [1.807, 2.05) is 37.6 Å². The minimum atomic E-state index is -0.995. The van der Waals surface area contributed by atoms with Crippen LogP contribution in [0.25, 0.3) is 0 Å². The number of hydrogen-bond donors (Lipinski definition) is 3. The maximum atomic E-state index is 11.0. The van der Waals surface area contributed by atoms with E-state index in [2.05, 4.69) is 5.32 Å². The van der Waals surface area contributed by atoms with E-state index in [1.54, 1.807) is 11.8 Å². The van der Waals surface area contributed by atoms with Crippen LogP contribution in [0.3, 0.4) is 0 Å². The molecule has 1 aromatic rings. The number of nitrogens with one attached hydrogen (secondary N) is 2. The molecule has 0 aliphatic heterocycles. The average molecular weight is 300 g/mol. The third-order valence-electron chi connectivity index (χ3n) is 2.27. The van der Waals surface area contributed by atoms with Crippen molar-refractivity contribution in [1.29, 1.82) is 0 Å². The minimum Gasteiger partial charge on any atom is -0.465 e. The van der Waals surface area contributed by atoms with Crippen molar-refractivity contribution in [3.8, 4) is 5.75 Å². The summed E-state index contributed by atoms with van der Waals surface area (Å²) in [4.78, 5) is 21.5. The molecule has 0 saturated carbocycles. The second-order valence-corrected chi connectivity index (χ2v) is 4.60. The number of ether oxygens (including phenoxy) is 1. The minimum absolute atomic E-state index is 0.439. The van der Waals surface area contributed by atoms with Gasteiger partial charge in [-0.05, 0) is 43.4 Å². The van der Waals surface area contributed by atoms with E-state index in [0.717, 1.165) is 11.1 Å². The summed E-state index contributed by atoms with van der Waals surface area (Å²) in [6.45, 7) is 4.02. The Labute approximate surface area is 122 Å². The normalized spacial score (nSPS) is 9.05. The quantitative estimate of drug-likeness (QED) is 0.731. The van der Waals surface area contributed by atoms with Crippen molar-refractivity contribution in [3.05, 3.63) is 23.3 Å². The van der Waals surface area contributed by atoms with Crippen LogP contribution >= 0.6 is 11.8 Å². The first kappa shape index (κ1) is 18.1. The predicted octanol–water partition coefficient (Wildman–Crippen LogP) is 2.63. The van der Waals surface area contributed by atoms with E-state index in [-0.39, 0.29) is 0 Å². The smallest absolute Gasteiger partial charge is 0.412 e. The highest BCUT2D eigenvalue weighted by Gasteiger charge is 2.07. The molecule has 112 valence electrons. The molecular weight excluding hydrogens is 280 g/mol. The van der Waals surface area contributed by atoms with Gasteiger partial charge in [-0.15, -0.1) is 11.8 Å². The lowest BCUT2D eigenvalue weighted by Crippen LogP contribution is -2.22. The highest BCUT2D eigenvalue weighted by Crippen LogP contribution is 2.28. The van der Waals surface area contributed by atoms with Gasteiger partial charge in [0.1, 0.15) is 5.75 Å². The average Bonchev–Trinajstić information content (AvgIpc) is 2.38. The van der Waals surface area contributed by atoms with Crippen LogP contribution in [-0.2, 0) is 0 Å².